The minimum absolute atomic E-state index is 0. The minimum Gasteiger partial charge on any atom is -0.356 e. The number of halogens is 1. The lowest BCUT2D eigenvalue weighted by Crippen LogP contribution is -2.37. The van der Waals surface area contributed by atoms with Crippen molar-refractivity contribution in [3.8, 4) is 0 Å². The van der Waals surface area contributed by atoms with Gasteiger partial charge in [-0.2, -0.15) is 0 Å². The number of nitrogens with one attached hydrogen (secondary N) is 3. The van der Waals surface area contributed by atoms with Gasteiger partial charge in [0, 0.05) is 50.1 Å². The van der Waals surface area contributed by atoms with Crippen LogP contribution in [0.5, 0.6) is 0 Å². The molecule has 7 nitrogen and oxygen atoms in total. The number of guanidine groups is 1. The van der Waals surface area contributed by atoms with Gasteiger partial charge >= 0.3 is 0 Å². The molecule has 30 heavy (non-hydrogen) atoms. The van der Waals surface area contributed by atoms with Crippen LogP contribution in [0.25, 0.3) is 0 Å². The Hall–Kier alpha value is -1.72. The zero-order valence-corrected chi connectivity index (χ0v) is 21.6. The standard InChI is InChI=1S/C21H32N6OS.HI/c1-15-16(2)29-19(26-15)9-10-24-21(22-3)25-14-17-7-6-8-18(13-17)20(28)23-11-12-27(4)5;/h6-8,13H,9-12,14H2,1-5H3,(H,23,28)(H2,22,24,25);1H. The van der Waals surface area contributed by atoms with Crippen LogP contribution in [-0.4, -0.2) is 62.5 Å². The number of rotatable bonds is 9. The summed E-state index contributed by atoms with van der Waals surface area (Å²) < 4.78 is 0. The Bertz CT molecular complexity index is 817. The van der Waals surface area contributed by atoms with E-state index in [9.17, 15) is 4.79 Å². The third kappa shape index (κ3) is 8.97. The number of aryl methyl sites for hydroxylation is 2. The molecule has 3 N–H and O–H groups in total. The molecule has 0 saturated heterocycles. The van der Waals surface area contributed by atoms with E-state index in [1.165, 1.54) is 4.88 Å². The normalized spacial score (nSPS) is 11.2. The van der Waals surface area contributed by atoms with Crippen LogP contribution in [0.2, 0.25) is 0 Å². The Kier molecular flexibility index (Phi) is 11.9. The van der Waals surface area contributed by atoms with Crippen molar-refractivity contribution in [1.29, 1.82) is 0 Å². The van der Waals surface area contributed by atoms with Crippen LogP contribution >= 0.6 is 35.3 Å². The molecule has 0 bridgehead atoms. The smallest absolute Gasteiger partial charge is 0.251 e. The summed E-state index contributed by atoms with van der Waals surface area (Å²) in [4.78, 5) is 24.4. The molecule has 1 amide bonds. The Morgan fingerprint density at radius 2 is 1.93 bits per heavy atom. The molecule has 2 rings (SSSR count). The van der Waals surface area contributed by atoms with E-state index in [4.69, 9.17) is 0 Å². The molecule has 0 fully saturated rings. The van der Waals surface area contributed by atoms with Crippen LogP contribution in [0.1, 0.15) is 31.5 Å². The maximum Gasteiger partial charge on any atom is 0.251 e. The van der Waals surface area contributed by atoms with Gasteiger partial charge in [0.15, 0.2) is 5.96 Å². The predicted octanol–water partition coefficient (Wildman–Crippen LogP) is 2.58. The molecule has 9 heteroatoms. The molecule has 166 valence electrons. The van der Waals surface area contributed by atoms with Crippen molar-refractivity contribution in [1.82, 2.24) is 25.8 Å². The van der Waals surface area contributed by atoms with Crippen molar-refractivity contribution >= 4 is 47.2 Å². The average molecular weight is 545 g/mol. The third-order valence-corrected chi connectivity index (χ3v) is 5.55. The molecule has 0 unspecified atom stereocenters. The van der Waals surface area contributed by atoms with E-state index in [2.05, 4.69) is 32.9 Å². The van der Waals surface area contributed by atoms with Gasteiger partial charge < -0.3 is 20.9 Å². The number of amides is 1. The van der Waals surface area contributed by atoms with Crippen molar-refractivity contribution in [3.63, 3.8) is 0 Å². The lowest BCUT2D eigenvalue weighted by Gasteiger charge is -2.13. The number of nitrogens with zero attached hydrogens (tertiary/aromatic N) is 3. The van der Waals surface area contributed by atoms with Gasteiger partial charge in [-0.15, -0.1) is 35.3 Å². The molecular weight excluding hydrogens is 511 g/mol. The Morgan fingerprint density at radius 3 is 2.57 bits per heavy atom. The van der Waals surface area contributed by atoms with Crippen LogP contribution in [0, 0.1) is 13.8 Å². The molecule has 0 radical (unpaired) electrons. The Balaban J connectivity index is 0.00000450. The number of carbonyl (C=O) groups excluding carboxylic acids is 1. The number of benzene rings is 1. The summed E-state index contributed by atoms with van der Waals surface area (Å²) >= 11 is 1.74. The van der Waals surface area contributed by atoms with Gasteiger partial charge in [0.25, 0.3) is 5.91 Å². The fourth-order valence-electron chi connectivity index (χ4n) is 2.66. The van der Waals surface area contributed by atoms with Crippen molar-refractivity contribution in [2.24, 2.45) is 4.99 Å². The third-order valence-electron chi connectivity index (χ3n) is 4.42. The fourth-order valence-corrected chi connectivity index (χ4v) is 3.59. The van der Waals surface area contributed by atoms with Crippen molar-refractivity contribution in [2.75, 3.05) is 40.8 Å². The van der Waals surface area contributed by atoms with Crippen molar-refractivity contribution in [2.45, 2.75) is 26.8 Å². The Morgan fingerprint density at radius 1 is 1.17 bits per heavy atom. The zero-order chi connectivity index (χ0) is 21.2. The van der Waals surface area contributed by atoms with E-state index in [1.807, 2.05) is 50.2 Å². The molecule has 0 saturated carbocycles. The van der Waals surface area contributed by atoms with Gasteiger partial charge in [-0.25, -0.2) is 4.98 Å². The van der Waals surface area contributed by atoms with Crippen molar-refractivity contribution < 1.29 is 4.79 Å². The lowest BCUT2D eigenvalue weighted by molar-refractivity contribution is 0.0951. The molecule has 1 heterocycles. The summed E-state index contributed by atoms with van der Waals surface area (Å²) in [5.41, 5.74) is 2.80. The zero-order valence-electron chi connectivity index (χ0n) is 18.4. The fraction of sp³-hybridized carbons (Fsp3) is 0.476. The van der Waals surface area contributed by atoms with Crippen molar-refractivity contribution in [3.05, 3.63) is 51.0 Å². The second-order valence-corrected chi connectivity index (χ2v) is 8.40. The molecule has 1 aromatic heterocycles. The van der Waals surface area contributed by atoms with Gasteiger partial charge in [0.2, 0.25) is 0 Å². The van der Waals surface area contributed by atoms with E-state index in [0.29, 0.717) is 18.7 Å². The van der Waals surface area contributed by atoms with Gasteiger partial charge in [0.1, 0.15) is 0 Å². The number of aromatic nitrogens is 1. The second-order valence-electron chi connectivity index (χ2n) is 7.11. The summed E-state index contributed by atoms with van der Waals surface area (Å²) in [7, 11) is 5.72. The summed E-state index contributed by atoms with van der Waals surface area (Å²) in [5.74, 6) is 0.682. The van der Waals surface area contributed by atoms with Crippen LogP contribution < -0.4 is 16.0 Å². The first-order valence-corrected chi connectivity index (χ1v) is 10.6. The first-order chi connectivity index (χ1) is 13.9. The van der Waals surface area contributed by atoms with Crippen LogP contribution in [-0.2, 0) is 13.0 Å². The first kappa shape index (κ1) is 26.3. The van der Waals surface area contributed by atoms with Gasteiger partial charge in [0.05, 0.1) is 10.7 Å². The highest BCUT2D eigenvalue weighted by Gasteiger charge is 2.07. The molecule has 1 aromatic carbocycles. The Labute approximate surface area is 200 Å². The molecule has 0 aliphatic heterocycles. The highest BCUT2D eigenvalue weighted by molar-refractivity contribution is 14.0. The lowest BCUT2D eigenvalue weighted by atomic mass is 10.1. The number of aliphatic imine (C=N–C) groups is 1. The maximum absolute atomic E-state index is 12.3. The van der Waals surface area contributed by atoms with E-state index in [1.54, 1.807) is 18.4 Å². The molecule has 2 aromatic rings. The molecule has 0 atom stereocenters. The first-order valence-electron chi connectivity index (χ1n) is 9.78. The SMILES string of the molecule is CN=C(NCCc1nc(C)c(C)s1)NCc1cccc(C(=O)NCCN(C)C)c1.I. The number of hydrogen-bond donors (Lipinski definition) is 3. The van der Waals surface area contributed by atoms with Crippen LogP contribution in [0.15, 0.2) is 29.3 Å². The summed E-state index contributed by atoms with van der Waals surface area (Å²) in [6, 6.07) is 7.64. The van der Waals surface area contributed by atoms with E-state index >= 15 is 0 Å². The monoisotopic (exact) mass is 544 g/mol. The number of likely N-dealkylation sites (N-methyl/N-ethyl adjacent to an activating group) is 1. The van der Waals surface area contributed by atoms with Gasteiger partial charge in [-0.3, -0.25) is 9.79 Å². The van der Waals surface area contributed by atoms with E-state index in [0.717, 1.165) is 41.7 Å². The van der Waals surface area contributed by atoms with Crippen LogP contribution in [0.3, 0.4) is 0 Å². The van der Waals surface area contributed by atoms with E-state index < -0.39 is 0 Å². The average Bonchev–Trinajstić information content (AvgIpc) is 3.01. The molecule has 0 aliphatic carbocycles. The molecular formula is C21H33IN6OS. The second kappa shape index (κ2) is 13.6. The summed E-state index contributed by atoms with van der Waals surface area (Å²) in [6.07, 6.45) is 0.864. The quantitative estimate of drug-likeness (QED) is 0.257. The highest BCUT2D eigenvalue weighted by Crippen LogP contribution is 2.16. The number of thiazole rings is 1. The summed E-state index contributed by atoms with van der Waals surface area (Å²) in [5, 5.41) is 10.7. The maximum atomic E-state index is 12.3. The topological polar surface area (TPSA) is 81.6 Å². The molecule has 0 aliphatic rings. The number of carbonyl (C=O) groups is 1. The predicted molar refractivity (Wildman–Crippen MR) is 136 cm³/mol. The van der Waals surface area contributed by atoms with Gasteiger partial charge in [-0.1, -0.05) is 12.1 Å². The largest absolute Gasteiger partial charge is 0.356 e. The van der Waals surface area contributed by atoms with Crippen LogP contribution in [0.4, 0.5) is 0 Å². The summed E-state index contributed by atoms with van der Waals surface area (Å²) in [6.45, 7) is 6.94. The van der Waals surface area contributed by atoms with E-state index in [-0.39, 0.29) is 29.9 Å². The highest BCUT2D eigenvalue weighted by atomic mass is 127. The number of hydrogen-bond acceptors (Lipinski definition) is 5. The molecule has 0 spiro atoms. The minimum atomic E-state index is -0.0507. The van der Waals surface area contributed by atoms with Gasteiger partial charge in [-0.05, 0) is 45.6 Å².